The van der Waals surface area contributed by atoms with E-state index in [0.29, 0.717) is 33.7 Å². The van der Waals surface area contributed by atoms with Crippen LogP contribution >= 0.6 is 11.8 Å². The van der Waals surface area contributed by atoms with Crippen LogP contribution in [0.3, 0.4) is 0 Å². The average Bonchev–Trinajstić information content (AvgIpc) is 3.32. The molecule has 0 fully saturated rings. The number of allylic oxidation sites excluding steroid dienone is 1. The third-order valence-corrected chi connectivity index (χ3v) is 7.86. The summed E-state index contributed by atoms with van der Waals surface area (Å²) in [7, 11) is 3.97. The molecule has 200 valence electrons. The number of carbonyl (C=O) groups is 1. The monoisotopic (exact) mass is 542 g/mol. The molecule has 1 aliphatic heterocycles. The first-order chi connectivity index (χ1) is 18.7. The maximum Gasteiger partial charge on any atom is 0.255 e. The third kappa shape index (κ3) is 5.40. The van der Waals surface area contributed by atoms with Crippen LogP contribution in [0.25, 0.3) is 0 Å². The number of fused-ring (bicyclic) bond motifs is 1. The Morgan fingerprint density at radius 2 is 1.79 bits per heavy atom. The Hall–Kier alpha value is -4.11. The number of benzene rings is 3. The summed E-state index contributed by atoms with van der Waals surface area (Å²) in [4.78, 5) is 20.5. The second-order valence-corrected chi connectivity index (χ2v) is 10.7. The lowest BCUT2D eigenvalue weighted by atomic mass is 9.94. The summed E-state index contributed by atoms with van der Waals surface area (Å²) in [5, 5.41) is 11.7. The number of rotatable bonds is 7. The lowest BCUT2D eigenvalue weighted by Crippen LogP contribution is -2.31. The standard InChI is InChI=1S/C30H31FN6OS/c1-18-9-8-12-25(19(18)2)33-28(38)26-20(3)32-29-34-30(39-17-22-10-6-7-11-24(22)31)35-37(29)27(26)21-13-15-23(16-14-21)36(4)5/h6-16,27H,17H2,1-5H3,(H,33,38)(H,32,34,35). The molecule has 3 aromatic carbocycles. The largest absolute Gasteiger partial charge is 0.378 e. The third-order valence-electron chi connectivity index (χ3n) is 6.97. The number of hydrogen-bond acceptors (Lipinski definition) is 6. The first-order valence-electron chi connectivity index (χ1n) is 12.7. The minimum absolute atomic E-state index is 0.211. The number of halogens is 1. The summed E-state index contributed by atoms with van der Waals surface area (Å²) in [6, 6.07) is 20.1. The molecule has 0 saturated carbocycles. The molecule has 39 heavy (non-hydrogen) atoms. The van der Waals surface area contributed by atoms with Crippen LogP contribution in [0, 0.1) is 19.7 Å². The summed E-state index contributed by atoms with van der Waals surface area (Å²) in [6.45, 7) is 5.90. The van der Waals surface area contributed by atoms with E-state index < -0.39 is 6.04 Å². The van der Waals surface area contributed by atoms with E-state index in [4.69, 9.17) is 5.10 Å². The maximum absolute atomic E-state index is 14.2. The topological polar surface area (TPSA) is 75.1 Å². The number of anilines is 3. The van der Waals surface area contributed by atoms with Crippen molar-refractivity contribution in [2.24, 2.45) is 0 Å². The fraction of sp³-hybridized carbons (Fsp3) is 0.233. The quantitative estimate of drug-likeness (QED) is 0.266. The van der Waals surface area contributed by atoms with Gasteiger partial charge in [-0.1, -0.05) is 54.2 Å². The number of aryl methyl sites for hydroxylation is 1. The molecule has 1 aromatic heterocycles. The summed E-state index contributed by atoms with van der Waals surface area (Å²) in [5.41, 5.74) is 6.69. The first kappa shape index (κ1) is 26.5. The number of nitrogens with zero attached hydrogens (tertiary/aromatic N) is 4. The molecule has 0 spiro atoms. The smallest absolute Gasteiger partial charge is 0.255 e. The number of aromatic nitrogens is 3. The molecule has 0 radical (unpaired) electrons. The van der Waals surface area contributed by atoms with E-state index in [9.17, 15) is 9.18 Å². The van der Waals surface area contributed by atoms with Crippen molar-refractivity contribution in [3.05, 3.63) is 106 Å². The minimum atomic E-state index is -0.502. The van der Waals surface area contributed by atoms with Gasteiger partial charge >= 0.3 is 0 Å². The van der Waals surface area contributed by atoms with Crippen LogP contribution in [0.1, 0.15) is 35.2 Å². The average molecular weight is 543 g/mol. The molecule has 4 aromatic rings. The van der Waals surface area contributed by atoms with E-state index in [1.165, 1.54) is 17.8 Å². The van der Waals surface area contributed by atoms with Crippen LogP contribution in [-0.2, 0) is 10.5 Å². The van der Waals surface area contributed by atoms with Gasteiger partial charge in [0, 0.05) is 36.9 Å². The molecule has 0 saturated heterocycles. The van der Waals surface area contributed by atoms with Crippen molar-refractivity contribution < 1.29 is 9.18 Å². The number of amides is 1. The normalized spacial score (nSPS) is 14.6. The SMILES string of the molecule is CC1=C(C(=O)Nc2cccc(C)c2C)C(c2ccc(N(C)C)cc2)n2nc(SCc3ccccc3F)nc2N1. The Labute approximate surface area is 232 Å². The first-order valence-corrected chi connectivity index (χ1v) is 13.7. The van der Waals surface area contributed by atoms with Crippen molar-refractivity contribution >= 4 is 35.0 Å². The van der Waals surface area contributed by atoms with Crippen LogP contribution < -0.4 is 15.5 Å². The van der Waals surface area contributed by atoms with E-state index in [1.54, 1.807) is 16.8 Å². The molecular weight excluding hydrogens is 511 g/mol. The molecule has 0 aliphatic carbocycles. The van der Waals surface area contributed by atoms with Gasteiger partial charge in [0.15, 0.2) is 0 Å². The van der Waals surface area contributed by atoms with Gasteiger partial charge in [-0.15, -0.1) is 5.10 Å². The molecule has 5 rings (SSSR count). The van der Waals surface area contributed by atoms with Crippen molar-refractivity contribution in [2.45, 2.75) is 37.7 Å². The van der Waals surface area contributed by atoms with Crippen LogP contribution in [0.4, 0.5) is 21.7 Å². The lowest BCUT2D eigenvalue weighted by Gasteiger charge is -2.29. The van der Waals surface area contributed by atoms with E-state index >= 15 is 0 Å². The zero-order valence-electron chi connectivity index (χ0n) is 22.6. The Bertz CT molecular complexity index is 1560. The van der Waals surface area contributed by atoms with Gasteiger partial charge in [-0.3, -0.25) is 4.79 Å². The van der Waals surface area contributed by atoms with E-state index in [0.717, 1.165) is 28.1 Å². The molecular formula is C30H31FN6OS. The molecule has 1 unspecified atom stereocenters. The Morgan fingerprint density at radius 3 is 2.51 bits per heavy atom. The van der Waals surface area contributed by atoms with Gasteiger partial charge in [0.2, 0.25) is 11.1 Å². The Morgan fingerprint density at radius 1 is 1.05 bits per heavy atom. The highest BCUT2D eigenvalue weighted by atomic mass is 32.2. The highest BCUT2D eigenvalue weighted by Crippen LogP contribution is 2.38. The van der Waals surface area contributed by atoms with Gasteiger partial charge in [-0.05, 0) is 67.3 Å². The molecule has 7 nitrogen and oxygen atoms in total. The summed E-state index contributed by atoms with van der Waals surface area (Å²) in [5.74, 6) is 0.463. The van der Waals surface area contributed by atoms with Crippen molar-refractivity contribution in [3.8, 4) is 0 Å². The summed E-state index contributed by atoms with van der Waals surface area (Å²) >= 11 is 1.35. The van der Waals surface area contributed by atoms with Gasteiger partial charge in [-0.25, -0.2) is 9.07 Å². The fourth-order valence-electron chi connectivity index (χ4n) is 4.58. The predicted octanol–water partition coefficient (Wildman–Crippen LogP) is 6.32. The molecule has 0 bridgehead atoms. The zero-order valence-corrected chi connectivity index (χ0v) is 23.4. The van der Waals surface area contributed by atoms with E-state index in [1.807, 2.05) is 88.3 Å². The zero-order chi connectivity index (χ0) is 27.7. The Kier molecular flexibility index (Phi) is 7.43. The number of nitrogens with one attached hydrogen (secondary N) is 2. The van der Waals surface area contributed by atoms with Crippen LogP contribution in [0.2, 0.25) is 0 Å². The minimum Gasteiger partial charge on any atom is -0.378 e. The second kappa shape index (κ2) is 10.9. The molecule has 1 amide bonds. The van der Waals surface area contributed by atoms with Gasteiger partial charge in [0.1, 0.15) is 11.9 Å². The number of carbonyl (C=O) groups excluding carboxylic acids is 1. The lowest BCUT2D eigenvalue weighted by molar-refractivity contribution is -0.113. The van der Waals surface area contributed by atoms with Crippen LogP contribution in [0.15, 0.2) is 83.2 Å². The molecule has 1 aliphatic rings. The van der Waals surface area contributed by atoms with E-state index in [-0.39, 0.29) is 11.7 Å². The highest BCUT2D eigenvalue weighted by Gasteiger charge is 2.34. The van der Waals surface area contributed by atoms with Gasteiger partial charge in [0.25, 0.3) is 5.91 Å². The molecule has 9 heteroatoms. The van der Waals surface area contributed by atoms with Crippen molar-refractivity contribution in [3.63, 3.8) is 0 Å². The summed E-state index contributed by atoms with van der Waals surface area (Å²) in [6.07, 6.45) is 0. The predicted molar refractivity (Wildman–Crippen MR) is 156 cm³/mol. The fourth-order valence-corrected chi connectivity index (χ4v) is 5.40. The van der Waals surface area contributed by atoms with E-state index in [2.05, 4.69) is 15.6 Å². The van der Waals surface area contributed by atoms with Crippen molar-refractivity contribution in [1.82, 2.24) is 14.8 Å². The van der Waals surface area contributed by atoms with Crippen molar-refractivity contribution in [2.75, 3.05) is 29.6 Å². The maximum atomic E-state index is 14.2. The van der Waals surface area contributed by atoms with Gasteiger partial charge in [0.05, 0.1) is 5.57 Å². The van der Waals surface area contributed by atoms with Crippen molar-refractivity contribution in [1.29, 1.82) is 0 Å². The molecule has 2 heterocycles. The van der Waals surface area contributed by atoms with Gasteiger partial charge < -0.3 is 15.5 Å². The Balaban J connectivity index is 1.52. The number of hydrogen-bond donors (Lipinski definition) is 2. The van der Waals surface area contributed by atoms with Crippen LogP contribution in [-0.4, -0.2) is 34.8 Å². The highest BCUT2D eigenvalue weighted by molar-refractivity contribution is 7.98. The number of thioether (sulfide) groups is 1. The van der Waals surface area contributed by atoms with Crippen LogP contribution in [0.5, 0.6) is 0 Å². The van der Waals surface area contributed by atoms with Gasteiger partial charge in [-0.2, -0.15) is 4.98 Å². The molecule has 2 N–H and O–H groups in total. The second-order valence-electron chi connectivity index (χ2n) is 9.80. The summed E-state index contributed by atoms with van der Waals surface area (Å²) < 4.78 is 15.9. The molecule has 1 atom stereocenters.